The topological polar surface area (TPSA) is 93.4 Å². The number of pyridine rings is 1. The Morgan fingerprint density at radius 2 is 1.92 bits per heavy atom. The van der Waals surface area contributed by atoms with Crippen LogP contribution in [0.1, 0.15) is 30.5 Å². The second-order valence-corrected chi connectivity index (χ2v) is 9.98. The fourth-order valence-electron chi connectivity index (χ4n) is 5.44. The van der Waals surface area contributed by atoms with Crippen molar-refractivity contribution >= 4 is 22.3 Å². The molecular weight excluding hydrogens is 464 g/mol. The van der Waals surface area contributed by atoms with Crippen LogP contribution in [-0.4, -0.2) is 79.3 Å². The van der Waals surface area contributed by atoms with Crippen LogP contribution in [-0.2, 0) is 13.0 Å². The summed E-state index contributed by atoms with van der Waals surface area (Å²) in [6.45, 7) is 6.65. The second kappa shape index (κ2) is 11.7. The number of fused-ring (bicyclic) bond motifs is 2. The first kappa shape index (κ1) is 25.2. The van der Waals surface area contributed by atoms with Gasteiger partial charge in [0.15, 0.2) is 0 Å². The van der Waals surface area contributed by atoms with E-state index < -0.39 is 0 Å². The van der Waals surface area contributed by atoms with E-state index in [0.29, 0.717) is 19.0 Å². The molecule has 0 spiro atoms. The monoisotopic (exact) mass is 500 g/mol. The van der Waals surface area contributed by atoms with Crippen LogP contribution in [0.25, 0.3) is 10.8 Å². The number of hydrogen-bond donors (Lipinski definition) is 1. The van der Waals surface area contributed by atoms with Crippen molar-refractivity contribution in [3.05, 3.63) is 47.9 Å². The molecule has 194 valence electrons. The highest BCUT2D eigenvalue weighted by atomic mass is 16.5. The minimum absolute atomic E-state index is 0.150. The van der Waals surface area contributed by atoms with Crippen LogP contribution in [0.4, 0.5) is 11.5 Å². The van der Waals surface area contributed by atoms with Crippen molar-refractivity contribution in [1.29, 1.82) is 5.26 Å². The lowest BCUT2D eigenvalue weighted by Crippen LogP contribution is -2.51. The van der Waals surface area contributed by atoms with Gasteiger partial charge < -0.3 is 24.8 Å². The molecular formula is C28H36N8O. The van der Waals surface area contributed by atoms with Crippen LogP contribution < -0.4 is 19.9 Å². The molecule has 2 aromatic heterocycles. The summed E-state index contributed by atoms with van der Waals surface area (Å²) < 4.78 is 5.45. The summed E-state index contributed by atoms with van der Waals surface area (Å²) in [5, 5.41) is 14.9. The third-order valence-corrected chi connectivity index (χ3v) is 7.42. The largest absolute Gasteiger partial charge is 0.467 e. The Kier molecular flexibility index (Phi) is 7.97. The van der Waals surface area contributed by atoms with Crippen LogP contribution in [0, 0.1) is 11.3 Å². The maximum absolute atomic E-state index is 9.10. The van der Waals surface area contributed by atoms with Gasteiger partial charge in [0.25, 0.3) is 0 Å². The van der Waals surface area contributed by atoms with Gasteiger partial charge in [0, 0.05) is 54.8 Å². The molecule has 9 nitrogen and oxygen atoms in total. The molecule has 0 bridgehead atoms. The van der Waals surface area contributed by atoms with E-state index in [4.69, 9.17) is 20.0 Å². The van der Waals surface area contributed by atoms with E-state index in [1.807, 2.05) is 18.5 Å². The molecule has 0 radical (unpaired) electrons. The highest BCUT2D eigenvalue weighted by Crippen LogP contribution is 2.33. The third-order valence-electron chi connectivity index (χ3n) is 7.42. The number of nitrogens with one attached hydrogen (secondary N) is 1. The molecule has 2 fully saturated rings. The summed E-state index contributed by atoms with van der Waals surface area (Å²) in [4.78, 5) is 20.9. The zero-order valence-electron chi connectivity index (χ0n) is 21.9. The summed E-state index contributed by atoms with van der Waals surface area (Å²) >= 11 is 0. The summed E-state index contributed by atoms with van der Waals surface area (Å²) in [5.41, 5.74) is 3.30. The summed E-state index contributed by atoms with van der Waals surface area (Å²) in [6, 6.07) is 11.2. The summed E-state index contributed by atoms with van der Waals surface area (Å²) in [7, 11) is 3.78. The van der Waals surface area contributed by atoms with E-state index in [2.05, 4.69) is 56.3 Å². The van der Waals surface area contributed by atoms with Gasteiger partial charge in [-0.15, -0.1) is 0 Å². The molecule has 37 heavy (non-hydrogen) atoms. The Balaban J connectivity index is 0.000000412. The Morgan fingerprint density at radius 3 is 2.68 bits per heavy atom. The fraction of sp³-hybridized carbons (Fsp3) is 0.500. The van der Waals surface area contributed by atoms with Gasteiger partial charge in [0.05, 0.1) is 43.7 Å². The number of aromatic nitrogens is 3. The van der Waals surface area contributed by atoms with E-state index >= 15 is 0 Å². The van der Waals surface area contributed by atoms with E-state index in [1.165, 1.54) is 36.9 Å². The molecule has 5 heterocycles. The van der Waals surface area contributed by atoms with E-state index in [1.54, 1.807) is 7.11 Å². The maximum atomic E-state index is 9.10. The quantitative estimate of drug-likeness (QED) is 0.580. The number of rotatable bonds is 4. The lowest BCUT2D eigenvalue weighted by Gasteiger charge is -2.37. The standard InChI is InChI=1S/C23H25N7O.C5H11N/c1-31-23-27-20-15-29(21-13-25-12-16-4-2-3-5-18(16)21)10-7-19(20)22(28-23)30-11-9-26-17(14-30)6-8-24;1-6-4-2-3-5-6/h2-5,12-13,17,26H,6-7,9-11,14-15H2,1H3;2-5H2,1H3. The number of nitrogens with zero attached hydrogens (tertiary/aromatic N) is 7. The molecule has 3 aliphatic heterocycles. The van der Waals surface area contributed by atoms with Crippen LogP contribution in [0.3, 0.4) is 0 Å². The summed E-state index contributed by atoms with van der Waals surface area (Å²) in [6.07, 6.45) is 8.01. The zero-order chi connectivity index (χ0) is 25.6. The zero-order valence-corrected chi connectivity index (χ0v) is 21.9. The van der Waals surface area contributed by atoms with Crippen LogP contribution in [0.2, 0.25) is 0 Å². The minimum atomic E-state index is 0.150. The molecule has 3 aromatic rings. The van der Waals surface area contributed by atoms with Crippen LogP contribution >= 0.6 is 0 Å². The Morgan fingerprint density at radius 1 is 1.08 bits per heavy atom. The smallest absolute Gasteiger partial charge is 0.318 e. The average molecular weight is 501 g/mol. The van der Waals surface area contributed by atoms with E-state index in [-0.39, 0.29) is 6.04 Å². The van der Waals surface area contributed by atoms with Crippen molar-refractivity contribution in [3.8, 4) is 12.1 Å². The van der Waals surface area contributed by atoms with Crippen molar-refractivity contribution < 1.29 is 4.74 Å². The first-order chi connectivity index (χ1) is 18.2. The molecule has 3 aliphatic rings. The van der Waals surface area contributed by atoms with E-state index in [9.17, 15) is 0 Å². The number of likely N-dealkylation sites (tertiary alicyclic amines) is 1. The molecule has 1 atom stereocenters. The van der Waals surface area contributed by atoms with Gasteiger partial charge in [0.1, 0.15) is 5.82 Å². The van der Waals surface area contributed by atoms with Crippen molar-refractivity contribution in [3.63, 3.8) is 0 Å². The van der Waals surface area contributed by atoms with Crippen molar-refractivity contribution in [2.75, 3.05) is 63.2 Å². The number of piperazine rings is 1. The molecule has 6 rings (SSSR count). The van der Waals surface area contributed by atoms with Crippen LogP contribution in [0.15, 0.2) is 36.7 Å². The predicted molar refractivity (Wildman–Crippen MR) is 146 cm³/mol. The predicted octanol–water partition coefficient (Wildman–Crippen LogP) is 3.00. The molecule has 9 heteroatoms. The molecule has 2 saturated heterocycles. The van der Waals surface area contributed by atoms with Crippen molar-refractivity contribution in [2.24, 2.45) is 0 Å². The van der Waals surface area contributed by atoms with Crippen LogP contribution in [0.5, 0.6) is 6.01 Å². The number of methoxy groups -OCH3 is 1. The minimum Gasteiger partial charge on any atom is -0.467 e. The highest BCUT2D eigenvalue weighted by molar-refractivity contribution is 5.93. The Bertz CT molecular complexity index is 1250. The van der Waals surface area contributed by atoms with Gasteiger partial charge in [-0.3, -0.25) is 4.98 Å². The number of nitriles is 1. The Labute approximate surface area is 219 Å². The fourth-order valence-corrected chi connectivity index (χ4v) is 5.44. The number of anilines is 2. The molecule has 1 unspecified atom stereocenters. The molecule has 1 aromatic carbocycles. The van der Waals surface area contributed by atoms with Crippen molar-refractivity contribution in [2.45, 2.75) is 38.3 Å². The second-order valence-electron chi connectivity index (χ2n) is 9.98. The van der Waals surface area contributed by atoms with Gasteiger partial charge in [-0.2, -0.15) is 15.2 Å². The highest BCUT2D eigenvalue weighted by Gasteiger charge is 2.29. The molecule has 0 aliphatic carbocycles. The lowest BCUT2D eigenvalue weighted by atomic mass is 10.0. The first-order valence-corrected chi connectivity index (χ1v) is 13.2. The SMILES string of the molecule is CN1CCCC1.COc1nc2c(c(N3CCNC(CC#N)C3)n1)CCN(c1cncc3ccccc13)C2. The first-order valence-electron chi connectivity index (χ1n) is 13.2. The number of benzene rings is 1. The molecule has 0 saturated carbocycles. The third kappa shape index (κ3) is 5.76. The lowest BCUT2D eigenvalue weighted by molar-refractivity contribution is 0.375. The maximum Gasteiger partial charge on any atom is 0.318 e. The van der Waals surface area contributed by atoms with Gasteiger partial charge in [-0.05, 0) is 39.4 Å². The van der Waals surface area contributed by atoms with Gasteiger partial charge in [-0.1, -0.05) is 24.3 Å². The van der Waals surface area contributed by atoms with Gasteiger partial charge in [0.2, 0.25) is 0 Å². The Hall–Kier alpha value is -3.48. The average Bonchev–Trinajstić information content (AvgIpc) is 3.43. The number of hydrogen-bond acceptors (Lipinski definition) is 9. The van der Waals surface area contributed by atoms with Gasteiger partial charge >= 0.3 is 6.01 Å². The number of ether oxygens (including phenoxy) is 1. The normalized spacial score (nSPS) is 19.6. The molecule has 0 amide bonds. The van der Waals surface area contributed by atoms with Crippen molar-refractivity contribution in [1.82, 2.24) is 25.2 Å². The van der Waals surface area contributed by atoms with E-state index in [0.717, 1.165) is 55.2 Å². The molecule has 1 N–H and O–H groups in total. The summed E-state index contributed by atoms with van der Waals surface area (Å²) in [5.74, 6) is 0.946. The van der Waals surface area contributed by atoms with Gasteiger partial charge in [-0.25, -0.2) is 0 Å².